The van der Waals surface area contributed by atoms with E-state index in [-0.39, 0.29) is 5.56 Å². The highest BCUT2D eigenvalue weighted by Crippen LogP contribution is 2.02. The second-order valence-electron chi connectivity index (χ2n) is 4.43. The Hall–Kier alpha value is -2.96. The summed E-state index contributed by atoms with van der Waals surface area (Å²) in [5.41, 5.74) is 5.03. The van der Waals surface area contributed by atoms with Crippen molar-refractivity contribution in [1.82, 2.24) is 9.97 Å². The lowest BCUT2D eigenvalue weighted by molar-refractivity contribution is -0.134. The third-order valence-corrected chi connectivity index (χ3v) is 2.39. The van der Waals surface area contributed by atoms with Crippen LogP contribution in [0, 0.1) is 6.92 Å². The minimum atomic E-state index is -0.833. The number of benzene rings is 1. The smallest absolute Gasteiger partial charge is 0.300 e. The summed E-state index contributed by atoms with van der Waals surface area (Å²) in [6.07, 6.45) is 0. The zero-order chi connectivity index (χ0) is 16.5. The molecule has 0 aliphatic carbocycles. The highest BCUT2D eigenvalue weighted by Gasteiger charge is 1.98. The summed E-state index contributed by atoms with van der Waals surface area (Å²) in [5.74, 6) is -0.490. The average Bonchev–Trinajstić information content (AvgIpc) is 2.44. The SMILES string of the molecule is C/C(=N/Nc1nc(C)cc(=O)[nH]1)c1ccccc1.CC(=O)O. The standard InChI is InChI=1S/C13H14N4O.C2H4O2/c1-9-8-12(18)15-13(14-9)17-16-10(2)11-6-4-3-5-7-11;1-2(3)4/h3-8H,1-2H3,(H2,14,15,17,18);1H3,(H,3,4)/b16-10-;. The maximum atomic E-state index is 11.2. The topological polar surface area (TPSA) is 107 Å². The molecule has 7 nitrogen and oxygen atoms in total. The lowest BCUT2D eigenvalue weighted by atomic mass is 10.1. The first-order chi connectivity index (χ1) is 10.4. The number of carboxylic acid groups (broad SMARTS) is 1. The summed E-state index contributed by atoms with van der Waals surface area (Å²) < 4.78 is 0. The van der Waals surface area contributed by atoms with Gasteiger partial charge in [0.1, 0.15) is 0 Å². The maximum Gasteiger partial charge on any atom is 0.300 e. The number of anilines is 1. The fourth-order valence-electron chi connectivity index (χ4n) is 1.51. The molecular formula is C15H18N4O3. The number of nitrogens with one attached hydrogen (secondary N) is 2. The summed E-state index contributed by atoms with van der Waals surface area (Å²) in [7, 11) is 0. The van der Waals surface area contributed by atoms with E-state index in [0.717, 1.165) is 18.2 Å². The number of hydrazone groups is 1. The molecule has 0 unspecified atom stereocenters. The summed E-state index contributed by atoms with van der Waals surface area (Å²) in [6, 6.07) is 11.2. The maximum absolute atomic E-state index is 11.2. The van der Waals surface area contributed by atoms with Gasteiger partial charge < -0.3 is 5.11 Å². The molecule has 1 aromatic carbocycles. The zero-order valence-electron chi connectivity index (χ0n) is 12.6. The van der Waals surface area contributed by atoms with E-state index in [4.69, 9.17) is 9.90 Å². The van der Waals surface area contributed by atoms with E-state index in [1.54, 1.807) is 6.92 Å². The first kappa shape index (κ1) is 17.1. The fraction of sp³-hybridized carbons (Fsp3) is 0.200. The van der Waals surface area contributed by atoms with Crippen LogP contribution in [-0.4, -0.2) is 26.8 Å². The van der Waals surface area contributed by atoms with Crippen molar-refractivity contribution in [2.75, 3.05) is 5.43 Å². The molecule has 1 heterocycles. The number of aliphatic carboxylic acids is 1. The molecule has 7 heteroatoms. The number of carbonyl (C=O) groups is 1. The molecule has 0 amide bonds. The summed E-state index contributed by atoms with van der Waals surface area (Å²) >= 11 is 0. The molecular weight excluding hydrogens is 284 g/mol. The summed E-state index contributed by atoms with van der Waals surface area (Å²) in [6.45, 7) is 4.73. The van der Waals surface area contributed by atoms with Crippen LogP contribution < -0.4 is 11.0 Å². The number of H-pyrrole nitrogens is 1. The number of aromatic nitrogens is 2. The van der Waals surface area contributed by atoms with Gasteiger partial charge in [0.25, 0.3) is 11.5 Å². The van der Waals surface area contributed by atoms with Crippen molar-refractivity contribution in [2.45, 2.75) is 20.8 Å². The quantitative estimate of drug-likeness (QED) is 0.594. The van der Waals surface area contributed by atoms with E-state index in [9.17, 15) is 4.79 Å². The number of hydrogen-bond acceptors (Lipinski definition) is 5. The molecule has 116 valence electrons. The number of nitrogens with zero attached hydrogens (tertiary/aromatic N) is 2. The van der Waals surface area contributed by atoms with Crippen molar-refractivity contribution in [2.24, 2.45) is 5.10 Å². The molecule has 0 saturated carbocycles. The van der Waals surface area contributed by atoms with Crippen LogP contribution in [0.15, 0.2) is 46.3 Å². The molecule has 2 rings (SSSR count). The monoisotopic (exact) mass is 302 g/mol. The van der Waals surface area contributed by atoms with Gasteiger partial charge >= 0.3 is 0 Å². The molecule has 2 aromatic rings. The van der Waals surface area contributed by atoms with Crippen LogP contribution in [0.2, 0.25) is 0 Å². The first-order valence-electron chi connectivity index (χ1n) is 6.51. The number of rotatable bonds is 3. The lowest BCUT2D eigenvalue weighted by Crippen LogP contribution is -2.11. The molecule has 0 atom stereocenters. The van der Waals surface area contributed by atoms with E-state index >= 15 is 0 Å². The summed E-state index contributed by atoms with van der Waals surface area (Å²) in [4.78, 5) is 26.9. The second kappa shape index (κ2) is 8.35. The summed E-state index contributed by atoms with van der Waals surface area (Å²) in [5, 5.41) is 11.6. The molecule has 0 spiro atoms. The Labute approximate surface area is 127 Å². The zero-order valence-corrected chi connectivity index (χ0v) is 12.6. The molecule has 0 aliphatic heterocycles. The Balaban J connectivity index is 0.000000541. The van der Waals surface area contributed by atoms with E-state index in [2.05, 4.69) is 20.5 Å². The van der Waals surface area contributed by atoms with Crippen molar-refractivity contribution in [3.8, 4) is 0 Å². The number of carboxylic acids is 1. The average molecular weight is 302 g/mol. The highest BCUT2D eigenvalue weighted by atomic mass is 16.4. The van der Waals surface area contributed by atoms with Crippen LogP contribution in [0.3, 0.4) is 0 Å². The van der Waals surface area contributed by atoms with Crippen LogP contribution in [-0.2, 0) is 4.79 Å². The van der Waals surface area contributed by atoms with E-state index < -0.39 is 5.97 Å². The predicted molar refractivity (Wildman–Crippen MR) is 85.2 cm³/mol. The Kier molecular flexibility index (Phi) is 6.49. The van der Waals surface area contributed by atoms with E-state index in [0.29, 0.717) is 11.6 Å². The third kappa shape index (κ3) is 6.47. The Morgan fingerprint density at radius 1 is 1.27 bits per heavy atom. The van der Waals surface area contributed by atoms with Crippen molar-refractivity contribution in [1.29, 1.82) is 0 Å². The number of aryl methyl sites for hydroxylation is 1. The van der Waals surface area contributed by atoms with Gasteiger partial charge in [0.05, 0.1) is 5.71 Å². The molecule has 0 aliphatic rings. The van der Waals surface area contributed by atoms with Crippen LogP contribution >= 0.6 is 0 Å². The Bertz CT molecular complexity index is 704. The highest BCUT2D eigenvalue weighted by molar-refractivity contribution is 5.98. The van der Waals surface area contributed by atoms with E-state index in [1.807, 2.05) is 37.3 Å². The van der Waals surface area contributed by atoms with Gasteiger partial charge in [-0.1, -0.05) is 30.3 Å². The fourth-order valence-corrected chi connectivity index (χ4v) is 1.51. The molecule has 0 radical (unpaired) electrons. The van der Waals surface area contributed by atoms with Crippen molar-refractivity contribution in [3.63, 3.8) is 0 Å². The van der Waals surface area contributed by atoms with Crippen molar-refractivity contribution in [3.05, 3.63) is 58.0 Å². The molecule has 1 aromatic heterocycles. The predicted octanol–water partition coefficient (Wildman–Crippen LogP) is 2.01. The van der Waals surface area contributed by atoms with Gasteiger partial charge in [0, 0.05) is 18.7 Å². The first-order valence-corrected chi connectivity index (χ1v) is 6.51. The normalized spacial score (nSPS) is 10.4. The van der Waals surface area contributed by atoms with Gasteiger partial charge in [-0.2, -0.15) is 5.10 Å². The Morgan fingerprint density at radius 3 is 2.41 bits per heavy atom. The van der Waals surface area contributed by atoms with Crippen molar-refractivity contribution < 1.29 is 9.90 Å². The molecule has 0 fully saturated rings. The lowest BCUT2D eigenvalue weighted by Gasteiger charge is -2.03. The van der Waals surface area contributed by atoms with Gasteiger partial charge in [-0.15, -0.1) is 0 Å². The molecule has 3 N–H and O–H groups in total. The number of aromatic amines is 1. The van der Waals surface area contributed by atoms with Crippen LogP contribution in [0.25, 0.3) is 0 Å². The van der Waals surface area contributed by atoms with Gasteiger partial charge in [-0.05, 0) is 19.4 Å². The van der Waals surface area contributed by atoms with Gasteiger partial charge in [-0.25, -0.2) is 10.4 Å². The van der Waals surface area contributed by atoms with Gasteiger partial charge in [0.2, 0.25) is 5.95 Å². The van der Waals surface area contributed by atoms with Crippen LogP contribution in [0.1, 0.15) is 25.1 Å². The minimum absolute atomic E-state index is 0.197. The third-order valence-electron chi connectivity index (χ3n) is 2.39. The van der Waals surface area contributed by atoms with E-state index in [1.165, 1.54) is 6.07 Å². The molecule has 0 saturated heterocycles. The molecule has 22 heavy (non-hydrogen) atoms. The minimum Gasteiger partial charge on any atom is -0.481 e. The Morgan fingerprint density at radius 2 is 1.86 bits per heavy atom. The van der Waals surface area contributed by atoms with Crippen molar-refractivity contribution >= 4 is 17.6 Å². The number of hydrogen-bond donors (Lipinski definition) is 3. The second-order valence-corrected chi connectivity index (χ2v) is 4.43. The van der Waals surface area contributed by atoms with Gasteiger partial charge in [-0.3, -0.25) is 14.6 Å². The van der Waals surface area contributed by atoms with Crippen LogP contribution in [0.4, 0.5) is 5.95 Å². The molecule has 0 bridgehead atoms. The van der Waals surface area contributed by atoms with Crippen LogP contribution in [0.5, 0.6) is 0 Å². The van der Waals surface area contributed by atoms with Gasteiger partial charge in [0.15, 0.2) is 0 Å². The largest absolute Gasteiger partial charge is 0.481 e.